The highest BCUT2D eigenvalue weighted by Crippen LogP contribution is 2.38. The second-order valence-electron chi connectivity index (χ2n) is 5.84. The van der Waals surface area contributed by atoms with Gasteiger partial charge in [-0.2, -0.15) is 0 Å². The summed E-state index contributed by atoms with van der Waals surface area (Å²) >= 11 is 9.58. The Kier molecular flexibility index (Phi) is 10.0. The van der Waals surface area contributed by atoms with Crippen LogP contribution in [0, 0.1) is 5.82 Å². The van der Waals surface area contributed by atoms with E-state index < -0.39 is 5.82 Å². The summed E-state index contributed by atoms with van der Waals surface area (Å²) in [6, 6.07) is 8.33. The molecule has 2 aromatic rings. The first-order valence-corrected chi connectivity index (χ1v) is 10.1. The minimum atomic E-state index is -0.411. The Morgan fingerprint density at radius 2 is 2.04 bits per heavy atom. The Morgan fingerprint density at radius 1 is 1.21 bits per heavy atom. The van der Waals surface area contributed by atoms with Gasteiger partial charge in [-0.1, -0.05) is 17.7 Å². The summed E-state index contributed by atoms with van der Waals surface area (Å²) in [6.07, 6.45) is 0. The van der Waals surface area contributed by atoms with Crippen molar-refractivity contribution >= 4 is 27.5 Å². The molecule has 0 saturated heterocycles. The standard InChI is InChI=1S/C20H24BrClFNO4/c1-2-27-19-11-14(12-24-6-8-26-9-7-25)10-16(21)20(19)28-13-15-17(22)4-3-5-18(15)23/h3-5,10-11,24-25H,2,6-9,12-13H2,1H3. The van der Waals surface area contributed by atoms with Crippen molar-refractivity contribution in [3.05, 3.63) is 56.8 Å². The molecule has 0 spiro atoms. The van der Waals surface area contributed by atoms with Gasteiger partial charge in [0.25, 0.3) is 0 Å². The first kappa shape index (κ1) is 22.9. The number of ether oxygens (including phenoxy) is 3. The molecule has 0 amide bonds. The van der Waals surface area contributed by atoms with Gasteiger partial charge in [-0.25, -0.2) is 4.39 Å². The Bertz CT molecular complexity index is 743. The van der Waals surface area contributed by atoms with E-state index in [0.717, 1.165) is 5.56 Å². The summed E-state index contributed by atoms with van der Waals surface area (Å²) in [4.78, 5) is 0. The third-order valence-electron chi connectivity index (χ3n) is 3.78. The third-order valence-corrected chi connectivity index (χ3v) is 4.72. The lowest BCUT2D eigenvalue weighted by Gasteiger charge is -2.16. The summed E-state index contributed by atoms with van der Waals surface area (Å²) in [7, 11) is 0. The van der Waals surface area contributed by atoms with Gasteiger partial charge >= 0.3 is 0 Å². The first-order chi connectivity index (χ1) is 13.6. The smallest absolute Gasteiger partial charge is 0.175 e. The maximum Gasteiger partial charge on any atom is 0.175 e. The Morgan fingerprint density at radius 3 is 2.75 bits per heavy atom. The number of aliphatic hydroxyl groups is 1. The fourth-order valence-electron chi connectivity index (χ4n) is 2.48. The molecule has 0 aliphatic heterocycles. The van der Waals surface area contributed by atoms with Crippen LogP contribution in [-0.2, 0) is 17.9 Å². The third kappa shape index (κ3) is 6.90. The highest BCUT2D eigenvalue weighted by atomic mass is 79.9. The second kappa shape index (κ2) is 12.2. The van der Waals surface area contributed by atoms with E-state index in [9.17, 15) is 4.39 Å². The predicted octanol–water partition coefficient (Wildman–Crippen LogP) is 4.32. The minimum absolute atomic E-state index is 0.00995. The zero-order valence-corrected chi connectivity index (χ0v) is 18.0. The lowest BCUT2D eigenvalue weighted by molar-refractivity contribution is 0.0938. The van der Waals surface area contributed by atoms with Crippen LogP contribution >= 0.6 is 27.5 Å². The van der Waals surface area contributed by atoms with Crippen LogP contribution in [0.2, 0.25) is 5.02 Å². The van der Waals surface area contributed by atoms with Gasteiger partial charge < -0.3 is 24.6 Å². The van der Waals surface area contributed by atoms with E-state index in [1.165, 1.54) is 6.07 Å². The van der Waals surface area contributed by atoms with Crippen molar-refractivity contribution in [2.75, 3.05) is 33.0 Å². The van der Waals surface area contributed by atoms with Gasteiger partial charge in [-0.15, -0.1) is 0 Å². The highest BCUT2D eigenvalue weighted by molar-refractivity contribution is 9.10. The number of benzene rings is 2. The molecule has 28 heavy (non-hydrogen) atoms. The fourth-order valence-corrected chi connectivity index (χ4v) is 3.31. The zero-order chi connectivity index (χ0) is 20.4. The van der Waals surface area contributed by atoms with Crippen LogP contribution in [0.5, 0.6) is 11.5 Å². The second-order valence-corrected chi connectivity index (χ2v) is 7.10. The number of nitrogens with one attached hydrogen (secondary N) is 1. The van der Waals surface area contributed by atoms with Crippen LogP contribution in [0.3, 0.4) is 0 Å². The normalized spacial score (nSPS) is 10.9. The monoisotopic (exact) mass is 475 g/mol. The number of hydrogen-bond acceptors (Lipinski definition) is 5. The highest BCUT2D eigenvalue weighted by Gasteiger charge is 2.15. The van der Waals surface area contributed by atoms with Gasteiger partial charge in [0, 0.05) is 18.7 Å². The number of aliphatic hydroxyl groups excluding tert-OH is 1. The molecule has 0 saturated carbocycles. The summed E-state index contributed by atoms with van der Waals surface area (Å²) in [5, 5.41) is 12.3. The molecule has 0 aliphatic carbocycles. The Balaban J connectivity index is 2.05. The van der Waals surface area contributed by atoms with E-state index in [0.29, 0.717) is 59.5 Å². The summed E-state index contributed by atoms with van der Waals surface area (Å²) in [6.45, 7) is 4.48. The molecule has 0 aromatic heterocycles. The van der Waals surface area contributed by atoms with E-state index >= 15 is 0 Å². The Hall–Kier alpha value is -1.38. The number of hydrogen-bond donors (Lipinski definition) is 2. The Labute approximate surface area is 177 Å². The molecule has 0 radical (unpaired) electrons. The van der Waals surface area contributed by atoms with Crippen molar-refractivity contribution in [3.8, 4) is 11.5 Å². The van der Waals surface area contributed by atoms with E-state index in [-0.39, 0.29) is 13.2 Å². The summed E-state index contributed by atoms with van der Waals surface area (Å²) in [5.74, 6) is 0.652. The maximum absolute atomic E-state index is 14.0. The van der Waals surface area contributed by atoms with Crippen LogP contribution in [0.25, 0.3) is 0 Å². The van der Waals surface area contributed by atoms with Gasteiger partial charge in [0.15, 0.2) is 11.5 Å². The molecule has 0 unspecified atom stereocenters. The maximum atomic E-state index is 14.0. The molecule has 8 heteroatoms. The molecule has 0 atom stereocenters. The largest absolute Gasteiger partial charge is 0.490 e. The van der Waals surface area contributed by atoms with Crippen LogP contribution in [0.4, 0.5) is 4.39 Å². The van der Waals surface area contributed by atoms with Crippen LogP contribution in [-0.4, -0.2) is 38.1 Å². The molecule has 2 rings (SSSR count). The van der Waals surface area contributed by atoms with Gasteiger partial charge in [-0.05, 0) is 52.7 Å². The van der Waals surface area contributed by atoms with E-state index in [1.807, 2.05) is 19.1 Å². The van der Waals surface area contributed by atoms with Crippen molar-refractivity contribution in [2.45, 2.75) is 20.1 Å². The zero-order valence-electron chi connectivity index (χ0n) is 15.6. The lowest BCUT2D eigenvalue weighted by atomic mass is 10.2. The SMILES string of the molecule is CCOc1cc(CNCCOCCO)cc(Br)c1OCc1c(F)cccc1Cl. The summed E-state index contributed by atoms with van der Waals surface area (Å²) < 4.78 is 31.4. The van der Waals surface area contributed by atoms with Gasteiger partial charge in [-0.3, -0.25) is 0 Å². The molecule has 0 fully saturated rings. The molecular formula is C20H24BrClFNO4. The number of halogens is 3. The van der Waals surface area contributed by atoms with E-state index in [1.54, 1.807) is 12.1 Å². The quantitative estimate of drug-likeness (QED) is 0.447. The van der Waals surface area contributed by atoms with Crippen LogP contribution < -0.4 is 14.8 Å². The summed E-state index contributed by atoms with van der Waals surface area (Å²) in [5.41, 5.74) is 1.29. The van der Waals surface area contributed by atoms with E-state index in [4.69, 9.17) is 30.9 Å². The average molecular weight is 477 g/mol. The molecule has 5 nitrogen and oxygen atoms in total. The average Bonchev–Trinajstić information content (AvgIpc) is 2.66. The molecule has 0 heterocycles. The molecule has 0 bridgehead atoms. The van der Waals surface area contributed by atoms with E-state index in [2.05, 4.69) is 21.2 Å². The molecule has 2 N–H and O–H groups in total. The topological polar surface area (TPSA) is 60.0 Å². The van der Waals surface area contributed by atoms with Crippen LogP contribution in [0.15, 0.2) is 34.8 Å². The fraction of sp³-hybridized carbons (Fsp3) is 0.400. The van der Waals surface area contributed by atoms with Crippen LogP contribution in [0.1, 0.15) is 18.1 Å². The van der Waals surface area contributed by atoms with Crippen molar-refractivity contribution in [3.63, 3.8) is 0 Å². The van der Waals surface area contributed by atoms with Crippen molar-refractivity contribution in [1.82, 2.24) is 5.32 Å². The predicted molar refractivity (Wildman–Crippen MR) is 111 cm³/mol. The molecule has 154 valence electrons. The molecular weight excluding hydrogens is 453 g/mol. The van der Waals surface area contributed by atoms with Crippen molar-refractivity contribution in [1.29, 1.82) is 0 Å². The number of rotatable bonds is 12. The minimum Gasteiger partial charge on any atom is -0.490 e. The van der Waals surface area contributed by atoms with Crippen molar-refractivity contribution < 1.29 is 23.7 Å². The lowest BCUT2D eigenvalue weighted by Crippen LogP contribution is -2.20. The van der Waals surface area contributed by atoms with Gasteiger partial charge in [0.05, 0.1) is 35.9 Å². The van der Waals surface area contributed by atoms with Crippen molar-refractivity contribution in [2.24, 2.45) is 0 Å². The van der Waals surface area contributed by atoms with Gasteiger partial charge in [0.1, 0.15) is 12.4 Å². The van der Waals surface area contributed by atoms with Gasteiger partial charge in [0.2, 0.25) is 0 Å². The molecule has 2 aromatic carbocycles. The first-order valence-electron chi connectivity index (χ1n) is 8.97. The molecule has 0 aliphatic rings.